The molecule has 2 aromatic rings. The smallest absolute Gasteiger partial charge is 0.282 e. The molecule has 1 saturated heterocycles. The Morgan fingerprint density at radius 2 is 1.57 bits per heavy atom. The van der Waals surface area contributed by atoms with Crippen LogP contribution in [0.4, 0.5) is 5.69 Å². The number of nitrogens with zero attached hydrogens (tertiary/aromatic N) is 6. The van der Waals surface area contributed by atoms with E-state index in [4.69, 9.17) is 0 Å². The highest BCUT2D eigenvalue weighted by molar-refractivity contribution is 6.00. The van der Waals surface area contributed by atoms with Gasteiger partial charge < -0.3 is 14.4 Å². The molecule has 2 aromatic carbocycles. The molecule has 3 heterocycles. The van der Waals surface area contributed by atoms with Crippen LogP contribution in [0.2, 0.25) is 0 Å². The summed E-state index contributed by atoms with van der Waals surface area (Å²) in [6.07, 6.45) is 3.53. The van der Waals surface area contributed by atoms with E-state index >= 15 is 0 Å². The highest BCUT2D eigenvalue weighted by Crippen LogP contribution is 2.24. The normalized spacial score (nSPS) is 14.2. The standard InChI is InChI=1S/C28H30N6O3/c1-3-31-18-23(26-24(19-31)28(37)34(29-26)22-12-8-5-9-13-22)27(36)33-16-14-32(15-17-33)20-25(35)30(2)21-10-6-4-7-11-21/h4-13,18-19H,3,14-17,20H2,1-2H3. The topological polar surface area (TPSA) is 83.7 Å². The lowest BCUT2D eigenvalue weighted by Gasteiger charge is -2.35. The van der Waals surface area contributed by atoms with Gasteiger partial charge in [-0.15, -0.1) is 0 Å². The van der Waals surface area contributed by atoms with Crippen molar-refractivity contribution in [2.24, 2.45) is 0 Å². The minimum absolute atomic E-state index is 0.00848. The van der Waals surface area contributed by atoms with Crippen LogP contribution >= 0.6 is 0 Å². The van der Waals surface area contributed by atoms with E-state index < -0.39 is 0 Å². The number of benzene rings is 2. The summed E-state index contributed by atoms with van der Waals surface area (Å²) in [6.45, 7) is 5.05. The SMILES string of the molecule is CCn1cc(C(=O)N2CCN(CC(=O)N(C)c3ccccc3)CC2)c2nn(-c3ccccc3)c(=O)c-2c1. The summed E-state index contributed by atoms with van der Waals surface area (Å²) in [7, 11) is 1.78. The van der Waals surface area contributed by atoms with Crippen molar-refractivity contribution in [3.8, 4) is 16.9 Å². The number of aryl methyl sites for hydroxylation is 1. The maximum absolute atomic E-state index is 13.6. The maximum atomic E-state index is 13.6. The Morgan fingerprint density at radius 3 is 2.22 bits per heavy atom. The quantitative estimate of drug-likeness (QED) is 0.408. The van der Waals surface area contributed by atoms with E-state index in [0.717, 1.165) is 5.69 Å². The van der Waals surface area contributed by atoms with Crippen LogP contribution in [-0.4, -0.2) is 75.7 Å². The molecule has 0 aliphatic carbocycles. The molecular weight excluding hydrogens is 468 g/mol. The zero-order valence-electron chi connectivity index (χ0n) is 21.1. The summed E-state index contributed by atoms with van der Waals surface area (Å²) in [5.74, 6) is -0.146. The van der Waals surface area contributed by atoms with E-state index in [1.54, 1.807) is 29.2 Å². The predicted octanol–water partition coefficient (Wildman–Crippen LogP) is 2.58. The van der Waals surface area contributed by atoms with Gasteiger partial charge in [-0.05, 0) is 31.2 Å². The van der Waals surface area contributed by atoms with Crippen molar-refractivity contribution in [2.45, 2.75) is 13.5 Å². The van der Waals surface area contributed by atoms with Crippen LogP contribution in [-0.2, 0) is 11.3 Å². The molecule has 0 unspecified atom stereocenters. The second-order valence-electron chi connectivity index (χ2n) is 9.17. The first-order valence-corrected chi connectivity index (χ1v) is 12.5. The zero-order chi connectivity index (χ0) is 25.9. The Labute approximate surface area is 215 Å². The summed E-state index contributed by atoms with van der Waals surface area (Å²) in [5.41, 5.74) is 2.51. The Kier molecular flexibility index (Phi) is 6.87. The first-order chi connectivity index (χ1) is 18.0. The van der Waals surface area contributed by atoms with Gasteiger partial charge in [0.15, 0.2) is 0 Å². The predicted molar refractivity (Wildman–Crippen MR) is 142 cm³/mol. The number of amides is 2. The summed E-state index contributed by atoms with van der Waals surface area (Å²) in [4.78, 5) is 45.1. The second kappa shape index (κ2) is 10.4. The molecule has 5 rings (SSSR count). The number of anilines is 1. The lowest BCUT2D eigenvalue weighted by Crippen LogP contribution is -2.51. The molecule has 0 saturated carbocycles. The molecule has 2 amide bonds. The van der Waals surface area contributed by atoms with Gasteiger partial charge in [-0.2, -0.15) is 9.78 Å². The number of carbonyl (C=O) groups is 2. The Balaban J connectivity index is 1.32. The minimum atomic E-state index is -0.246. The number of fused-ring (bicyclic) bond motifs is 1. The zero-order valence-corrected chi connectivity index (χ0v) is 21.1. The summed E-state index contributed by atoms with van der Waals surface area (Å²) < 4.78 is 3.20. The van der Waals surface area contributed by atoms with Crippen LogP contribution in [0.5, 0.6) is 0 Å². The molecule has 0 spiro atoms. The number of para-hydroxylation sites is 2. The van der Waals surface area contributed by atoms with Crippen LogP contribution < -0.4 is 10.5 Å². The first-order valence-electron chi connectivity index (χ1n) is 12.5. The molecule has 0 N–H and O–H groups in total. The van der Waals surface area contributed by atoms with Gasteiger partial charge in [-0.3, -0.25) is 19.3 Å². The fourth-order valence-electron chi connectivity index (χ4n) is 4.62. The van der Waals surface area contributed by atoms with E-state index in [0.29, 0.717) is 61.8 Å². The van der Waals surface area contributed by atoms with Gasteiger partial charge in [0.05, 0.1) is 23.4 Å². The third kappa shape index (κ3) is 4.90. The molecule has 3 aliphatic rings. The number of likely N-dealkylation sites (N-methyl/N-ethyl adjacent to an activating group) is 1. The molecule has 0 radical (unpaired) electrons. The minimum Gasteiger partial charge on any atom is -0.353 e. The van der Waals surface area contributed by atoms with Gasteiger partial charge in [0.25, 0.3) is 11.5 Å². The van der Waals surface area contributed by atoms with E-state index in [1.165, 1.54) is 4.68 Å². The van der Waals surface area contributed by atoms with Crippen LogP contribution in [0.15, 0.2) is 77.9 Å². The first kappa shape index (κ1) is 24.5. The summed E-state index contributed by atoms with van der Waals surface area (Å²) in [6, 6.07) is 18.8. The molecule has 0 bridgehead atoms. The summed E-state index contributed by atoms with van der Waals surface area (Å²) in [5, 5.41) is 4.56. The number of rotatable bonds is 6. The lowest BCUT2D eigenvalue weighted by atomic mass is 10.1. The second-order valence-corrected chi connectivity index (χ2v) is 9.17. The van der Waals surface area contributed by atoms with Gasteiger partial charge in [0.1, 0.15) is 5.69 Å². The number of aromatic nitrogens is 3. The van der Waals surface area contributed by atoms with E-state index in [1.807, 2.05) is 72.2 Å². The number of pyridine rings is 1. The van der Waals surface area contributed by atoms with E-state index in [9.17, 15) is 14.4 Å². The summed E-state index contributed by atoms with van der Waals surface area (Å²) >= 11 is 0. The number of hydrogen-bond donors (Lipinski definition) is 0. The van der Waals surface area contributed by atoms with Crippen LogP contribution in [0.25, 0.3) is 16.9 Å². The Morgan fingerprint density at radius 1 is 0.919 bits per heavy atom. The molecule has 0 atom stereocenters. The number of piperazine rings is 1. The maximum Gasteiger partial charge on any atom is 0.282 e. The van der Waals surface area contributed by atoms with Crippen molar-refractivity contribution in [3.05, 3.63) is 89.0 Å². The highest BCUT2D eigenvalue weighted by Gasteiger charge is 2.29. The van der Waals surface area contributed by atoms with Gasteiger partial charge >= 0.3 is 0 Å². The molecular formula is C28H30N6O3. The molecule has 3 aliphatic heterocycles. The number of carbonyl (C=O) groups excluding carboxylic acids is 2. The van der Waals surface area contributed by atoms with Crippen molar-refractivity contribution >= 4 is 17.5 Å². The van der Waals surface area contributed by atoms with Crippen molar-refractivity contribution in [1.29, 1.82) is 0 Å². The number of hydrogen-bond acceptors (Lipinski definition) is 5. The van der Waals surface area contributed by atoms with Gasteiger partial charge in [-0.1, -0.05) is 36.4 Å². The van der Waals surface area contributed by atoms with Gasteiger partial charge in [-0.25, -0.2) is 0 Å². The van der Waals surface area contributed by atoms with E-state index in [-0.39, 0.29) is 17.4 Å². The third-order valence-electron chi connectivity index (χ3n) is 6.86. The third-order valence-corrected chi connectivity index (χ3v) is 6.86. The monoisotopic (exact) mass is 498 g/mol. The molecule has 9 heteroatoms. The van der Waals surface area contributed by atoms with E-state index in [2.05, 4.69) is 10.00 Å². The van der Waals surface area contributed by atoms with Gasteiger partial charge in [0, 0.05) is 57.9 Å². The Hall–Kier alpha value is -4.24. The molecule has 0 aromatic heterocycles. The van der Waals surface area contributed by atoms with Crippen LogP contribution in [0.3, 0.4) is 0 Å². The largest absolute Gasteiger partial charge is 0.353 e. The fraction of sp³-hybridized carbons (Fsp3) is 0.286. The Bertz CT molecular complexity index is 1420. The average Bonchev–Trinajstić information content (AvgIpc) is 3.29. The van der Waals surface area contributed by atoms with Crippen LogP contribution in [0.1, 0.15) is 17.3 Å². The van der Waals surface area contributed by atoms with Crippen molar-refractivity contribution in [3.63, 3.8) is 0 Å². The average molecular weight is 499 g/mol. The highest BCUT2D eigenvalue weighted by atomic mass is 16.2. The van der Waals surface area contributed by atoms with Crippen molar-refractivity contribution in [1.82, 2.24) is 24.1 Å². The lowest BCUT2D eigenvalue weighted by molar-refractivity contribution is -0.119. The van der Waals surface area contributed by atoms with Crippen molar-refractivity contribution in [2.75, 3.05) is 44.7 Å². The molecule has 37 heavy (non-hydrogen) atoms. The molecule has 9 nitrogen and oxygen atoms in total. The van der Waals surface area contributed by atoms with Crippen LogP contribution in [0, 0.1) is 0 Å². The molecule has 190 valence electrons. The van der Waals surface area contributed by atoms with Crippen molar-refractivity contribution < 1.29 is 9.59 Å². The van der Waals surface area contributed by atoms with Gasteiger partial charge in [0.2, 0.25) is 5.91 Å². The fourth-order valence-corrected chi connectivity index (χ4v) is 4.62. The molecule has 1 fully saturated rings.